The van der Waals surface area contributed by atoms with E-state index >= 15 is 0 Å². The minimum atomic E-state index is -0.681. The first-order valence-electron chi connectivity index (χ1n) is 18.3. The average Bonchev–Trinajstić information content (AvgIpc) is 2.98. The van der Waals surface area contributed by atoms with Crippen molar-refractivity contribution >= 4 is 37.1 Å². The third-order valence-electron chi connectivity index (χ3n) is 7.72. The monoisotopic (exact) mass is 728 g/mol. The Morgan fingerprint density at radius 1 is 0.353 bits per heavy atom. The van der Waals surface area contributed by atoms with Gasteiger partial charge in [0.25, 0.3) is 0 Å². The Hall–Kier alpha value is -3.06. The molecule has 0 saturated carbocycles. The quantitative estimate of drug-likeness (QED) is 0.136. The van der Waals surface area contributed by atoms with E-state index in [4.69, 9.17) is 18.9 Å². The molecule has 0 heterocycles. The van der Waals surface area contributed by atoms with Gasteiger partial charge in [-0.2, -0.15) is 0 Å². The zero-order valence-corrected chi connectivity index (χ0v) is 35.4. The van der Waals surface area contributed by atoms with Crippen molar-refractivity contribution in [2.24, 2.45) is 0 Å². The first kappa shape index (κ1) is 40.7. The van der Waals surface area contributed by atoms with Crippen molar-refractivity contribution in [1.29, 1.82) is 0 Å². The number of rotatable bonds is 12. The van der Waals surface area contributed by atoms with E-state index in [1.807, 2.05) is 0 Å². The number of hydrogen-bond donors (Lipinski definition) is 0. The van der Waals surface area contributed by atoms with E-state index < -0.39 is 15.8 Å². The highest BCUT2D eigenvalue weighted by Gasteiger charge is 2.29. The molecule has 0 amide bonds. The second-order valence-electron chi connectivity index (χ2n) is 17.5. The van der Waals surface area contributed by atoms with Gasteiger partial charge in [0.15, 0.2) is 0 Å². The van der Waals surface area contributed by atoms with E-state index in [0.717, 1.165) is 29.4 Å². The van der Waals surface area contributed by atoms with Gasteiger partial charge in [-0.3, -0.25) is 0 Å². The molecule has 4 aromatic carbocycles. The van der Waals surface area contributed by atoms with Crippen LogP contribution in [0.1, 0.15) is 103 Å². The van der Waals surface area contributed by atoms with Crippen LogP contribution in [-0.2, 0) is 0 Å². The Morgan fingerprint density at radius 2 is 0.529 bits per heavy atom. The van der Waals surface area contributed by atoms with Crippen LogP contribution in [0.5, 0.6) is 23.0 Å². The molecule has 4 aromatic rings. The zero-order chi connectivity index (χ0) is 37.8. The maximum Gasteiger partial charge on any atom is 0.120 e. The molecule has 2 atom stereocenters. The molecule has 0 aliphatic rings. The Labute approximate surface area is 312 Å². The SMILES string of the molecule is C[C@H](C[C@@H](C)P(c1ccc(OC(C)(C)C)cc1)c1ccc(OC(C)(C)C)cc1)P(c1ccc(OC(C)(C)C)cc1)c1ccc(OC(C)(C)C)cc1. The van der Waals surface area contributed by atoms with Crippen LogP contribution in [0.25, 0.3) is 0 Å². The predicted octanol–water partition coefficient (Wildman–Crippen LogP) is 11.1. The van der Waals surface area contributed by atoms with Gasteiger partial charge >= 0.3 is 0 Å². The fourth-order valence-corrected chi connectivity index (χ4v) is 11.9. The van der Waals surface area contributed by atoms with Gasteiger partial charge < -0.3 is 18.9 Å². The molecule has 0 bridgehead atoms. The maximum atomic E-state index is 6.20. The second-order valence-corrected chi connectivity index (χ2v) is 22.8. The predicted molar refractivity (Wildman–Crippen MR) is 223 cm³/mol. The standard InChI is InChI=1S/C45H62O4P2/c1-32(50(38-23-15-34(16-24-38)46-42(3,4)5)39-25-17-35(18-26-39)47-43(6,7)8)31-33(2)51(40-27-19-36(20-28-40)48-44(9,10)11)41-29-21-37(22-30-41)49-45(12,13)14/h15-30,32-33H,31H2,1-14H3/t32-,33-/m1/s1. The maximum absolute atomic E-state index is 6.20. The molecule has 0 unspecified atom stereocenters. The average molecular weight is 729 g/mol. The van der Waals surface area contributed by atoms with Crippen LogP contribution in [0.15, 0.2) is 97.1 Å². The smallest absolute Gasteiger partial charge is 0.120 e. The minimum absolute atomic E-state index is 0.247. The summed E-state index contributed by atoms with van der Waals surface area (Å²) < 4.78 is 24.8. The lowest BCUT2D eigenvalue weighted by Crippen LogP contribution is -2.27. The van der Waals surface area contributed by atoms with Crippen molar-refractivity contribution in [2.45, 2.75) is 137 Å². The van der Waals surface area contributed by atoms with Crippen LogP contribution in [0.4, 0.5) is 0 Å². The van der Waals surface area contributed by atoms with E-state index in [9.17, 15) is 0 Å². The summed E-state index contributed by atoms with van der Waals surface area (Å²) in [4.78, 5) is 0. The summed E-state index contributed by atoms with van der Waals surface area (Å²) in [5, 5.41) is 5.42. The first-order valence-corrected chi connectivity index (χ1v) is 21.1. The highest BCUT2D eigenvalue weighted by molar-refractivity contribution is 7.74. The largest absolute Gasteiger partial charge is 0.488 e. The van der Waals surface area contributed by atoms with Gasteiger partial charge in [0.1, 0.15) is 45.4 Å². The number of ether oxygens (including phenoxy) is 4. The molecule has 0 aliphatic heterocycles. The van der Waals surface area contributed by atoms with Crippen molar-refractivity contribution in [2.75, 3.05) is 0 Å². The van der Waals surface area contributed by atoms with Gasteiger partial charge in [0.2, 0.25) is 0 Å². The molecular formula is C45H62O4P2. The van der Waals surface area contributed by atoms with Gasteiger partial charge in [-0.1, -0.05) is 62.4 Å². The van der Waals surface area contributed by atoms with Gasteiger partial charge in [0.05, 0.1) is 0 Å². The van der Waals surface area contributed by atoms with E-state index in [-0.39, 0.29) is 22.4 Å². The molecule has 0 saturated heterocycles. The summed E-state index contributed by atoms with van der Waals surface area (Å²) in [5.74, 6) is 3.60. The van der Waals surface area contributed by atoms with Gasteiger partial charge in [-0.15, -0.1) is 0 Å². The van der Waals surface area contributed by atoms with E-state index in [0.29, 0.717) is 11.3 Å². The molecular weight excluding hydrogens is 666 g/mol. The van der Waals surface area contributed by atoms with Crippen molar-refractivity contribution in [3.8, 4) is 23.0 Å². The third kappa shape index (κ3) is 13.1. The highest BCUT2D eigenvalue weighted by atomic mass is 31.1. The minimum Gasteiger partial charge on any atom is -0.488 e. The van der Waals surface area contributed by atoms with Crippen molar-refractivity contribution < 1.29 is 18.9 Å². The summed E-state index contributed by atoms with van der Waals surface area (Å²) in [6, 6.07) is 35.3. The van der Waals surface area contributed by atoms with Gasteiger partial charge in [-0.25, -0.2) is 0 Å². The van der Waals surface area contributed by atoms with Crippen LogP contribution < -0.4 is 40.2 Å². The van der Waals surface area contributed by atoms with Gasteiger partial charge in [-0.05, 0) is 186 Å². The van der Waals surface area contributed by atoms with Crippen LogP contribution in [0.3, 0.4) is 0 Å². The van der Waals surface area contributed by atoms with Crippen LogP contribution >= 0.6 is 15.8 Å². The fourth-order valence-electron chi connectivity index (χ4n) is 6.13. The Balaban J connectivity index is 1.70. The Kier molecular flexibility index (Phi) is 13.0. The Bertz CT molecular complexity index is 1410. The molecule has 0 fully saturated rings. The third-order valence-corrected chi connectivity index (χ3v) is 13.3. The highest BCUT2D eigenvalue weighted by Crippen LogP contribution is 2.48. The summed E-state index contributed by atoms with van der Waals surface area (Å²) in [5.41, 5.74) is -0.162. The Morgan fingerprint density at radius 3 is 0.686 bits per heavy atom. The van der Waals surface area contributed by atoms with E-state index in [2.05, 4.69) is 194 Å². The lowest BCUT2D eigenvalue weighted by atomic mass is 10.2. The second kappa shape index (κ2) is 16.3. The van der Waals surface area contributed by atoms with Crippen LogP contribution in [0.2, 0.25) is 0 Å². The number of hydrogen-bond acceptors (Lipinski definition) is 4. The molecule has 4 nitrogen and oxygen atoms in total. The summed E-state index contributed by atoms with van der Waals surface area (Å²) in [6.07, 6.45) is 1.07. The number of benzene rings is 4. The summed E-state index contributed by atoms with van der Waals surface area (Å²) >= 11 is 0. The fraction of sp³-hybridized carbons (Fsp3) is 0.467. The van der Waals surface area contributed by atoms with Crippen LogP contribution in [0, 0.1) is 0 Å². The summed E-state index contributed by atoms with van der Waals surface area (Å²) in [7, 11) is -1.36. The van der Waals surface area contributed by atoms with Crippen molar-refractivity contribution in [3.63, 3.8) is 0 Å². The van der Waals surface area contributed by atoms with Gasteiger partial charge in [0, 0.05) is 0 Å². The topological polar surface area (TPSA) is 36.9 Å². The van der Waals surface area contributed by atoms with Crippen molar-refractivity contribution in [1.82, 2.24) is 0 Å². The van der Waals surface area contributed by atoms with Crippen LogP contribution in [-0.4, -0.2) is 33.7 Å². The molecule has 0 aliphatic carbocycles. The lowest BCUT2D eigenvalue weighted by molar-refractivity contribution is 0.130. The molecule has 0 radical (unpaired) electrons. The first-order chi connectivity index (χ1) is 23.6. The molecule has 0 N–H and O–H groups in total. The molecule has 51 heavy (non-hydrogen) atoms. The molecule has 0 aromatic heterocycles. The molecule has 4 rings (SSSR count). The molecule has 0 spiro atoms. The molecule has 276 valence electrons. The van der Waals surface area contributed by atoms with E-state index in [1.54, 1.807) is 0 Å². The normalized spacial score (nSPS) is 14.0. The summed E-state index contributed by atoms with van der Waals surface area (Å²) in [6.45, 7) is 30.0. The molecule has 6 heteroatoms. The van der Waals surface area contributed by atoms with E-state index in [1.165, 1.54) is 21.2 Å². The zero-order valence-electron chi connectivity index (χ0n) is 33.6. The van der Waals surface area contributed by atoms with Crippen molar-refractivity contribution in [3.05, 3.63) is 97.1 Å². The lowest BCUT2D eigenvalue weighted by Gasteiger charge is -2.33.